The van der Waals surface area contributed by atoms with E-state index in [2.05, 4.69) is 6.92 Å². The van der Waals surface area contributed by atoms with Crippen molar-refractivity contribution < 1.29 is 28.0 Å². The number of carbonyl (C=O) groups is 1. The molecule has 0 spiro atoms. The molecule has 0 heterocycles. The van der Waals surface area contributed by atoms with E-state index >= 15 is 0 Å². The van der Waals surface area contributed by atoms with E-state index in [-0.39, 0.29) is 24.4 Å². The lowest BCUT2D eigenvalue weighted by Gasteiger charge is -2.23. The van der Waals surface area contributed by atoms with Gasteiger partial charge in [0.05, 0.1) is 19.3 Å². The average Bonchev–Trinajstić information content (AvgIpc) is 2.93. The molecule has 41 heavy (non-hydrogen) atoms. The number of rotatable bonds is 27. The van der Waals surface area contributed by atoms with E-state index in [1.807, 2.05) is 57.1 Å². The summed E-state index contributed by atoms with van der Waals surface area (Å²) >= 11 is 0. The fraction of sp³-hybridized carbons (Fsp3) is 0.788. The molecule has 3 unspecified atom stereocenters. The number of benzene rings is 1. The number of nitrogens with zero attached hydrogens (tertiary/aromatic N) is 1. The first-order valence-corrected chi connectivity index (χ1v) is 17.7. The summed E-state index contributed by atoms with van der Waals surface area (Å²) in [6.45, 7) is 7.63. The van der Waals surface area contributed by atoms with Crippen molar-refractivity contribution in [3.05, 3.63) is 29.8 Å². The van der Waals surface area contributed by atoms with E-state index in [1.54, 1.807) is 0 Å². The molecule has 0 aliphatic rings. The molecule has 8 heteroatoms. The number of carbonyl (C=O) groups excluding carboxylic acids is 1. The Hall–Kier alpha value is -1.24. The summed E-state index contributed by atoms with van der Waals surface area (Å²) < 4.78 is 29.5. The zero-order valence-electron chi connectivity index (χ0n) is 26.8. The molecule has 3 atom stereocenters. The molecule has 1 aromatic carbocycles. The highest BCUT2D eigenvalue weighted by Crippen LogP contribution is 2.46. The molecule has 1 aromatic rings. The Morgan fingerprint density at radius 1 is 0.902 bits per heavy atom. The molecule has 7 nitrogen and oxygen atoms in total. The zero-order chi connectivity index (χ0) is 30.3. The maximum absolute atomic E-state index is 12.7. The van der Waals surface area contributed by atoms with Crippen LogP contribution in [0.5, 0.6) is 5.75 Å². The second-order valence-corrected chi connectivity index (χ2v) is 13.1. The number of unbranched alkanes of at least 4 members (excludes halogenated alkanes) is 9. The largest absolute Gasteiger partial charge is 0.494 e. The highest BCUT2D eigenvalue weighted by atomic mass is 31.2. The normalized spacial score (nSPS) is 14.6. The third-order valence-electron chi connectivity index (χ3n) is 7.37. The van der Waals surface area contributed by atoms with Gasteiger partial charge < -0.3 is 14.5 Å². The lowest BCUT2D eigenvalue weighted by molar-refractivity contribution is -0.120. The van der Waals surface area contributed by atoms with Crippen molar-refractivity contribution in [2.45, 2.75) is 130 Å². The maximum Gasteiger partial charge on any atom is 0.472 e. The van der Waals surface area contributed by atoms with Crippen molar-refractivity contribution >= 4 is 13.6 Å². The van der Waals surface area contributed by atoms with E-state index in [0.717, 1.165) is 37.3 Å². The van der Waals surface area contributed by atoms with Gasteiger partial charge in [-0.1, -0.05) is 90.7 Å². The lowest BCUT2D eigenvalue weighted by atomic mass is 9.94. The topological polar surface area (TPSA) is 85.3 Å². The van der Waals surface area contributed by atoms with Crippen molar-refractivity contribution in [2.75, 3.05) is 33.9 Å². The molecule has 0 amide bonds. The monoisotopic (exact) mass is 597 g/mol. The van der Waals surface area contributed by atoms with Crippen LogP contribution in [0.1, 0.15) is 123 Å². The van der Waals surface area contributed by atoms with E-state index in [4.69, 9.17) is 13.8 Å². The molecule has 0 aromatic heterocycles. The Morgan fingerprint density at radius 2 is 1.51 bits per heavy atom. The minimum Gasteiger partial charge on any atom is -0.494 e. The second kappa shape index (κ2) is 23.2. The number of hydrogen-bond donors (Lipinski definition) is 1. The Kier molecular flexibility index (Phi) is 21.4. The predicted octanol–water partition coefficient (Wildman–Crippen LogP) is 8.77. The number of hydrogen-bond acceptors (Lipinski definition) is 6. The van der Waals surface area contributed by atoms with Crippen LogP contribution in [0, 0.1) is 5.92 Å². The predicted molar refractivity (Wildman–Crippen MR) is 170 cm³/mol. The van der Waals surface area contributed by atoms with Gasteiger partial charge in [0.2, 0.25) is 0 Å². The fourth-order valence-electron chi connectivity index (χ4n) is 4.88. The molecule has 0 fully saturated rings. The van der Waals surface area contributed by atoms with Gasteiger partial charge in [-0.2, -0.15) is 0 Å². The first kappa shape index (κ1) is 37.8. The molecule has 1 N–H and O–H groups in total. The molecule has 0 saturated carbocycles. The van der Waals surface area contributed by atoms with Crippen molar-refractivity contribution in [1.29, 1.82) is 0 Å². The van der Waals surface area contributed by atoms with Gasteiger partial charge in [-0.15, -0.1) is 0 Å². The Balaban J connectivity index is 2.50. The van der Waals surface area contributed by atoms with Crippen LogP contribution in [0.3, 0.4) is 0 Å². The molecule has 0 aliphatic carbocycles. The summed E-state index contributed by atoms with van der Waals surface area (Å²) in [5.41, 5.74) is 1.04. The van der Waals surface area contributed by atoms with E-state index in [0.29, 0.717) is 32.1 Å². The summed E-state index contributed by atoms with van der Waals surface area (Å²) in [5.74, 6) is 0.776. The van der Waals surface area contributed by atoms with Gasteiger partial charge in [0.25, 0.3) is 0 Å². The van der Waals surface area contributed by atoms with Gasteiger partial charge in [-0.05, 0) is 69.8 Å². The average molecular weight is 598 g/mol. The number of phosphoric ester groups is 1. The van der Waals surface area contributed by atoms with Crippen molar-refractivity contribution in [3.63, 3.8) is 0 Å². The molecule has 0 bridgehead atoms. The van der Waals surface area contributed by atoms with Crippen LogP contribution in [0.4, 0.5) is 0 Å². The van der Waals surface area contributed by atoms with E-state index in [9.17, 15) is 14.3 Å². The number of phosphoric acid groups is 1. The third kappa shape index (κ3) is 20.3. The van der Waals surface area contributed by atoms with Gasteiger partial charge in [-0.3, -0.25) is 13.8 Å². The molecular weight excluding hydrogens is 537 g/mol. The van der Waals surface area contributed by atoms with Gasteiger partial charge >= 0.3 is 7.82 Å². The smallest absolute Gasteiger partial charge is 0.472 e. The quantitative estimate of drug-likeness (QED) is 0.0801. The Labute approximate surface area is 251 Å². The summed E-state index contributed by atoms with van der Waals surface area (Å²) in [4.78, 5) is 24.8. The summed E-state index contributed by atoms with van der Waals surface area (Å²) in [5, 5.41) is 0. The zero-order valence-corrected chi connectivity index (χ0v) is 27.7. The lowest BCUT2D eigenvalue weighted by Crippen LogP contribution is -2.22. The number of ether oxygens (including phenoxy) is 1. The Bertz CT molecular complexity index is 832. The summed E-state index contributed by atoms with van der Waals surface area (Å²) in [6, 6.07) is 7.95. The Morgan fingerprint density at radius 3 is 2.07 bits per heavy atom. The highest BCUT2D eigenvalue weighted by molar-refractivity contribution is 7.47. The van der Waals surface area contributed by atoms with Crippen LogP contribution in [-0.4, -0.2) is 55.5 Å². The van der Waals surface area contributed by atoms with E-state index < -0.39 is 7.82 Å². The SMILES string of the molecule is CCCCCCCCCCCCOc1ccc(CC(COP(=O)(O)OC(CC)CCN(C)C)CC(=O)CCC)cc1. The first-order valence-electron chi connectivity index (χ1n) is 16.2. The molecule has 0 aliphatic heterocycles. The highest BCUT2D eigenvalue weighted by Gasteiger charge is 2.28. The molecule has 0 radical (unpaired) electrons. The van der Waals surface area contributed by atoms with Gasteiger partial charge in [0.1, 0.15) is 11.5 Å². The summed E-state index contributed by atoms with van der Waals surface area (Å²) in [6.07, 6.45) is 16.1. The van der Waals surface area contributed by atoms with E-state index in [1.165, 1.54) is 57.8 Å². The standard InChI is InChI=1S/C33H60NO6P/c1-6-9-10-11-12-13-14-15-16-17-25-38-33-21-19-29(20-22-33)26-30(27-31(35)18-7-2)28-39-41(36,37)40-32(8-3)23-24-34(4)5/h19-22,30,32H,6-18,23-28H2,1-5H3,(H,36,37). The molecule has 238 valence electrons. The van der Waals surface area contributed by atoms with Crippen LogP contribution < -0.4 is 4.74 Å². The van der Waals surface area contributed by atoms with Crippen LogP contribution in [-0.2, 0) is 24.8 Å². The third-order valence-corrected chi connectivity index (χ3v) is 8.41. The van der Waals surface area contributed by atoms with Crippen molar-refractivity contribution in [2.24, 2.45) is 5.92 Å². The second-order valence-electron chi connectivity index (χ2n) is 11.7. The van der Waals surface area contributed by atoms with Crippen LogP contribution in [0.2, 0.25) is 0 Å². The van der Waals surface area contributed by atoms with Gasteiger partial charge in [-0.25, -0.2) is 4.57 Å². The fourth-order valence-corrected chi connectivity index (χ4v) is 5.97. The minimum absolute atomic E-state index is 0.00958. The maximum atomic E-state index is 12.7. The van der Waals surface area contributed by atoms with Crippen molar-refractivity contribution in [1.82, 2.24) is 4.90 Å². The van der Waals surface area contributed by atoms with Crippen LogP contribution in [0.25, 0.3) is 0 Å². The van der Waals surface area contributed by atoms with Gasteiger partial charge in [0, 0.05) is 19.4 Å². The van der Waals surface area contributed by atoms with Crippen LogP contribution in [0.15, 0.2) is 24.3 Å². The summed E-state index contributed by atoms with van der Waals surface area (Å²) in [7, 11) is -0.321. The minimum atomic E-state index is -4.23. The van der Waals surface area contributed by atoms with Crippen molar-refractivity contribution in [3.8, 4) is 5.75 Å². The first-order chi connectivity index (χ1) is 19.7. The molecular formula is C33H60NO6P. The number of Topliss-reactive ketones (excluding diaryl/α,β-unsaturated/α-hetero) is 1. The number of ketones is 1. The van der Waals surface area contributed by atoms with Gasteiger partial charge in [0.15, 0.2) is 0 Å². The molecule has 1 rings (SSSR count). The molecule has 0 saturated heterocycles. The van der Waals surface area contributed by atoms with Crippen LogP contribution >= 0.6 is 7.82 Å².